The molecule has 8 heteroatoms. The molecule has 0 saturated heterocycles. The smallest absolute Gasteiger partial charge is 0.419 e. The molecule has 0 aliphatic heterocycles. The lowest BCUT2D eigenvalue weighted by Crippen LogP contribution is -2.19. The number of Topliss-reactive ketones (excluding diaryl/α,β-unsaturated/α-hetero) is 1. The molecule has 134 valence electrons. The molecule has 0 fully saturated rings. The summed E-state index contributed by atoms with van der Waals surface area (Å²) in [6, 6.07) is 11.3. The maximum atomic E-state index is 12.0. The molecule has 1 heterocycles. The predicted molar refractivity (Wildman–Crippen MR) is 96.8 cm³/mol. The summed E-state index contributed by atoms with van der Waals surface area (Å²) in [6.45, 7) is -0.326. The van der Waals surface area contributed by atoms with E-state index in [1.807, 2.05) is 0 Å². The van der Waals surface area contributed by atoms with Crippen molar-refractivity contribution in [3.8, 4) is 0 Å². The number of para-hydroxylation sites is 2. The summed E-state index contributed by atoms with van der Waals surface area (Å²) in [6.07, 6.45) is -0.0713. The van der Waals surface area contributed by atoms with E-state index in [-0.39, 0.29) is 18.0 Å². The topological polar surface area (TPSA) is 78.5 Å². The first-order valence-electron chi connectivity index (χ1n) is 7.68. The molecule has 0 atom stereocenters. The normalized spacial score (nSPS) is 10.8. The summed E-state index contributed by atoms with van der Waals surface area (Å²) in [5, 5.41) is 0.577. The van der Waals surface area contributed by atoms with Gasteiger partial charge in [0.2, 0.25) is 0 Å². The van der Waals surface area contributed by atoms with Gasteiger partial charge in [-0.15, -0.1) is 0 Å². The molecule has 6 nitrogen and oxygen atoms in total. The fourth-order valence-electron chi connectivity index (χ4n) is 2.40. The minimum absolute atomic E-state index is 0.0713. The molecule has 0 unspecified atom stereocenters. The molecular weight excluding hydrogens is 381 g/mol. The Labute approximate surface area is 157 Å². The number of nitrogens with zero attached hydrogens (tertiary/aromatic N) is 1. The van der Waals surface area contributed by atoms with E-state index in [1.54, 1.807) is 24.3 Å². The Morgan fingerprint density at radius 1 is 1.08 bits per heavy atom. The molecule has 0 N–H and O–H groups in total. The van der Waals surface area contributed by atoms with Crippen LogP contribution in [0.15, 0.2) is 51.7 Å². The van der Waals surface area contributed by atoms with Gasteiger partial charge in [-0.25, -0.2) is 4.79 Å². The lowest BCUT2D eigenvalue weighted by molar-refractivity contribution is -0.142. The predicted octanol–water partition coefficient (Wildman–Crippen LogP) is 3.72. The molecule has 0 saturated carbocycles. The van der Waals surface area contributed by atoms with Gasteiger partial charge in [0.15, 0.2) is 18.0 Å². The average molecular weight is 394 g/mol. The van der Waals surface area contributed by atoms with E-state index in [0.29, 0.717) is 21.7 Å². The Kier molecular flexibility index (Phi) is 5.44. The van der Waals surface area contributed by atoms with Gasteiger partial charge in [0.25, 0.3) is 0 Å². The van der Waals surface area contributed by atoms with Crippen LogP contribution < -0.4 is 5.76 Å². The maximum Gasteiger partial charge on any atom is 0.419 e. The van der Waals surface area contributed by atoms with Gasteiger partial charge in [-0.2, -0.15) is 0 Å². The molecule has 26 heavy (non-hydrogen) atoms. The zero-order chi connectivity index (χ0) is 18.7. The monoisotopic (exact) mass is 393 g/mol. The zero-order valence-electron chi connectivity index (χ0n) is 13.4. The van der Waals surface area contributed by atoms with Crippen LogP contribution in [0.2, 0.25) is 10.0 Å². The van der Waals surface area contributed by atoms with Crippen LogP contribution in [-0.4, -0.2) is 22.9 Å². The van der Waals surface area contributed by atoms with Crippen LogP contribution in [0.5, 0.6) is 0 Å². The minimum Gasteiger partial charge on any atom is -0.457 e. The number of ketones is 1. The summed E-state index contributed by atoms with van der Waals surface area (Å²) in [5.41, 5.74) is 1.34. The van der Waals surface area contributed by atoms with Gasteiger partial charge >= 0.3 is 11.7 Å². The number of ether oxygens (including phenoxy) is 1. The lowest BCUT2D eigenvalue weighted by Gasteiger charge is -2.06. The van der Waals surface area contributed by atoms with E-state index in [2.05, 4.69) is 0 Å². The lowest BCUT2D eigenvalue weighted by atomic mass is 10.1. The number of aromatic nitrogens is 1. The van der Waals surface area contributed by atoms with Crippen molar-refractivity contribution in [2.45, 2.75) is 13.0 Å². The van der Waals surface area contributed by atoms with Gasteiger partial charge in [-0.05, 0) is 30.3 Å². The third kappa shape index (κ3) is 3.98. The van der Waals surface area contributed by atoms with Gasteiger partial charge in [-0.3, -0.25) is 14.2 Å². The number of rotatable bonds is 6. The van der Waals surface area contributed by atoms with Gasteiger partial charge in [-0.1, -0.05) is 35.3 Å². The third-order valence-corrected chi connectivity index (χ3v) is 4.46. The third-order valence-electron chi connectivity index (χ3n) is 3.72. The number of fused-ring (bicyclic) bond motifs is 1. The second-order valence-corrected chi connectivity index (χ2v) is 6.26. The van der Waals surface area contributed by atoms with E-state index in [0.717, 1.165) is 0 Å². The van der Waals surface area contributed by atoms with Crippen molar-refractivity contribution in [3.63, 3.8) is 0 Å². The van der Waals surface area contributed by atoms with E-state index >= 15 is 0 Å². The summed E-state index contributed by atoms with van der Waals surface area (Å²) in [7, 11) is 0. The summed E-state index contributed by atoms with van der Waals surface area (Å²) in [5.74, 6) is -1.55. The van der Waals surface area contributed by atoms with Gasteiger partial charge in [0.05, 0.1) is 22.0 Å². The molecule has 1 aromatic heterocycles. The molecule has 3 aromatic rings. The molecule has 0 bridgehead atoms. The number of esters is 1. The molecule has 0 spiro atoms. The number of oxazole rings is 1. The number of carbonyl (C=O) groups is 2. The molecule has 2 aromatic carbocycles. The van der Waals surface area contributed by atoms with Crippen LogP contribution in [0.3, 0.4) is 0 Å². The number of halogens is 2. The Balaban J connectivity index is 1.57. The highest BCUT2D eigenvalue weighted by atomic mass is 35.5. The quantitative estimate of drug-likeness (QED) is 0.471. The van der Waals surface area contributed by atoms with Crippen molar-refractivity contribution in [2.24, 2.45) is 0 Å². The van der Waals surface area contributed by atoms with Crippen molar-refractivity contribution in [1.82, 2.24) is 4.57 Å². The van der Waals surface area contributed by atoms with Gasteiger partial charge in [0.1, 0.15) is 0 Å². The number of hydrogen-bond donors (Lipinski definition) is 0. The first-order chi connectivity index (χ1) is 12.5. The Morgan fingerprint density at radius 3 is 2.62 bits per heavy atom. The van der Waals surface area contributed by atoms with Crippen molar-refractivity contribution < 1.29 is 18.7 Å². The Bertz CT molecular complexity index is 1040. The van der Waals surface area contributed by atoms with Crippen LogP contribution in [0, 0.1) is 0 Å². The maximum absolute atomic E-state index is 12.0. The fourth-order valence-corrected chi connectivity index (χ4v) is 2.70. The van der Waals surface area contributed by atoms with E-state index in [1.165, 1.54) is 22.8 Å². The number of benzene rings is 2. The van der Waals surface area contributed by atoms with E-state index in [4.69, 9.17) is 32.4 Å². The second-order valence-electron chi connectivity index (χ2n) is 5.45. The molecule has 0 radical (unpaired) electrons. The average Bonchev–Trinajstić information content (AvgIpc) is 2.95. The Hall–Kier alpha value is -2.57. The highest BCUT2D eigenvalue weighted by molar-refractivity contribution is 6.42. The van der Waals surface area contributed by atoms with Gasteiger partial charge in [0, 0.05) is 12.1 Å². The summed E-state index contributed by atoms with van der Waals surface area (Å²) < 4.78 is 11.4. The molecule has 0 aliphatic rings. The van der Waals surface area contributed by atoms with Crippen molar-refractivity contribution in [3.05, 3.63) is 68.6 Å². The Morgan fingerprint density at radius 2 is 1.85 bits per heavy atom. The highest BCUT2D eigenvalue weighted by Crippen LogP contribution is 2.22. The van der Waals surface area contributed by atoms with E-state index in [9.17, 15) is 14.4 Å². The van der Waals surface area contributed by atoms with Crippen LogP contribution >= 0.6 is 23.2 Å². The zero-order valence-corrected chi connectivity index (χ0v) is 14.9. The minimum atomic E-state index is -0.601. The van der Waals surface area contributed by atoms with Gasteiger partial charge < -0.3 is 9.15 Å². The largest absolute Gasteiger partial charge is 0.457 e. The standard InChI is InChI=1S/C18H13Cl2NO5/c19-12-6-5-11(9-13(12)20)15(22)10-25-17(23)7-8-21-14-3-1-2-4-16(14)26-18(21)24/h1-6,9H,7-8,10H2. The molecule has 3 rings (SSSR count). The van der Waals surface area contributed by atoms with Crippen LogP contribution in [0.25, 0.3) is 11.1 Å². The summed E-state index contributed by atoms with van der Waals surface area (Å²) >= 11 is 11.6. The highest BCUT2D eigenvalue weighted by Gasteiger charge is 2.14. The van der Waals surface area contributed by atoms with Crippen LogP contribution in [0.4, 0.5) is 0 Å². The number of carbonyl (C=O) groups excluding carboxylic acids is 2. The SMILES string of the molecule is O=C(CCn1c(=O)oc2ccccc21)OCC(=O)c1ccc(Cl)c(Cl)c1. The summed E-state index contributed by atoms with van der Waals surface area (Å²) in [4.78, 5) is 35.7. The molecule has 0 aliphatic carbocycles. The number of hydrogen-bond acceptors (Lipinski definition) is 5. The van der Waals surface area contributed by atoms with Crippen LogP contribution in [0.1, 0.15) is 16.8 Å². The van der Waals surface area contributed by atoms with Crippen molar-refractivity contribution in [1.29, 1.82) is 0 Å². The van der Waals surface area contributed by atoms with E-state index < -0.39 is 24.1 Å². The first kappa shape index (κ1) is 18.2. The first-order valence-corrected chi connectivity index (χ1v) is 8.43. The molecular formula is C18H13Cl2NO5. The van der Waals surface area contributed by atoms with Crippen molar-refractivity contribution in [2.75, 3.05) is 6.61 Å². The fraction of sp³-hybridized carbons (Fsp3) is 0.167. The second kappa shape index (κ2) is 7.76. The molecule has 0 amide bonds. The van der Waals surface area contributed by atoms with Crippen molar-refractivity contribution >= 4 is 46.1 Å². The van der Waals surface area contributed by atoms with Crippen LogP contribution in [-0.2, 0) is 16.1 Å². The number of aryl methyl sites for hydroxylation is 1.